The molecule has 1 aliphatic heterocycles. The zero-order chi connectivity index (χ0) is 20.1. The molecule has 1 N–H and O–H groups in total. The largest absolute Gasteiger partial charge is 0.484 e. The van der Waals surface area contributed by atoms with Gasteiger partial charge in [-0.1, -0.05) is 23.7 Å². The number of benzene rings is 2. The molecule has 0 aromatic heterocycles. The third kappa shape index (κ3) is 5.71. The highest BCUT2D eigenvalue weighted by Gasteiger charge is 2.14. The van der Waals surface area contributed by atoms with Gasteiger partial charge in [0.25, 0.3) is 5.91 Å². The molecule has 1 saturated heterocycles. The van der Waals surface area contributed by atoms with E-state index in [1.165, 1.54) is 5.56 Å². The van der Waals surface area contributed by atoms with Crippen molar-refractivity contribution in [1.29, 1.82) is 0 Å². The summed E-state index contributed by atoms with van der Waals surface area (Å²) in [6, 6.07) is 11.7. The molecule has 0 bridgehead atoms. The first-order valence-corrected chi connectivity index (χ1v) is 9.98. The molecule has 5 nitrogen and oxygen atoms in total. The highest BCUT2D eigenvalue weighted by atomic mass is 35.5. The average Bonchev–Trinajstić information content (AvgIpc) is 2.67. The third-order valence-electron chi connectivity index (χ3n) is 5.02. The van der Waals surface area contributed by atoms with Gasteiger partial charge >= 0.3 is 0 Å². The molecule has 2 aromatic carbocycles. The first kappa shape index (κ1) is 20.6. The summed E-state index contributed by atoms with van der Waals surface area (Å²) in [5.41, 5.74) is 3.91. The summed E-state index contributed by atoms with van der Waals surface area (Å²) in [6.45, 7) is 9.16. The molecule has 0 saturated carbocycles. The maximum absolute atomic E-state index is 12.2. The number of aryl methyl sites for hydroxylation is 2. The summed E-state index contributed by atoms with van der Waals surface area (Å²) >= 11 is 6.16. The number of carbonyl (C=O) groups excluding carboxylic acids is 1. The second kappa shape index (κ2) is 9.41. The fourth-order valence-electron chi connectivity index (χ4n) is 3.29. The Hall–Kier alpha value is -2.08. The van der Waals surface area contributed by atoms with E-state index in [0.717, 1.165) is 54.6 Å². The molecule has 1 fully saturated rings. The van der Waals surface area contributed by atoms with Gasteiger partial charge < -0.3 is 15.0 Å². The van der Waals surface area contributed by atoms with E-state index in [1.54, 1.807) is 0 Å². The first-order valence-electron chi connectivity index (χ1n) is 9.60. The summed E-state index contributed by atoms with van der Waals surface area (Å²) in [4.78, 5) is 17.0. The highest BCUT2D eigenvalue weighted by molar-refractivity contribution is 6.32. The maximum atomic E-state index is 12.2. The summed E-state index contributed by atoms with van der Waals surface area (Å²) in [7, 11) is 2.16. The Kier molecular flexibility index (Phi) is 6.94. The van der Waals surface area contributed by atoms with Gasteiger partial charge in [-0.05, 0) is 61.9 Å². The Bertz CT molecular complexity index is 792. The molecule has 1 amide bonds. The van der Waals surface area contributed by atoms with E-state index in [-0.39, 0.29) is 12.5 Å². The lowest BCUT2D eigenvalue weighted by Crippen LogP contribution is -2.43. The lowest BCUT2D eigenvalue weighted by molar-refractivity contribution is -0.118. The molecular formula is C22H28ClN3O2. The van der Waals surface area contributed by atoms with Crippen molar-refractivity contribution >= 4 is 23.2 Å². The van der Waals surface area contributed by atoms with Crippen LogP contribution < -0.4 is 10.1 Å². The van der Waals surface area contributed by atoms with Crippen LogP contribution in [0.25, 0.3) is 0 Å². The molecule has 0 aliphatic carbocycles. The molecule has 0 radical (unpaired) electrons. The van der Waals surface area contributed by atoms with Crippen LogP contribution in [0.4, 0.5) is 5.69 Å². The monoisotopic (exact) mass is 401 g/mol. The topological polar surface area (TPSA) is 44.8 Å². The summed E-state index contributed by atoms with van der Waals surface area (Å²) < 4.78 is 5.61. The summed E-state index contributed by atoms with van der Waals surface area (Å²) in [5.74, 6) is 0.467. The van der Waals surface area contributed by atoms with Gasteiger partial charge in [0.2, 0.25) is 0 Å². The summed E-state index contributed by atoms with van der Waals surface area (Å²) in [6.07, 6.45) is 0. The number of carbonyl (C=O) groups is 1. The van der Waals surface area contributed by atoms with Gasteiger partial charge in [0, 0.05) is 43.4 Å². The van der Waals surface area contributed by atoms with Crippen LogP contribution in [0.1, 0.15) is 16.7 Å². The number of nitrogens with one attached hydrogen (secondary N) is 1. The summed E-state index contributed by atoms with van der Waals surface area (Å²) in [5, 5.41) is 3.61. The number of nitrogens with zero attached hydrogens (tertiary/aromatic N) is 2. The normalized spacial score (nSPS) is 15.4. The molecule has 150 valence electrons. The molecule has 0 spiro atoms. The predicted molar refractivity (Wildman–Crippen MR) is 114 cm³/mol. The molecule has 28 heavy (non-hydrogen) atoms. The van der Waals surface area contributed by atoms with Crippen LogP contribution >= 0.6 is 11.6 Å². The number of hydrogen-bond acceptors (Lipinski definition) is 4. The SMILES string of the molecule is Cc1cc(OCC(=O)Nc2ccc(CN3CCN(C)CC3)cc2)cc(C)c1Cl. The number of halogens is 1. The quantitative estimate of drug-likeness (QED) is 0.801. The van der Waals surface area contributed by atoms with Crippen molar-refractivity contribution in [1.82, 2.24) is 9.80 Å². The number of hydrogen-bond donors (Lipinski definition) is 1. The Labute approximate surface area is 172 Å². The van der Waals surface area contributed by atoms with E-state index in [9.17, 15) is 4.79 Å². The predicted octanol–water partition coefficient (Wildman–Crippen LogP) is 3.72. The van der Waals surface area contributed by atoms with Crippen LogP contribution in [0.15, 0.2) is 36.4 Å². The van der Waals surface area contributed by atoms with Gasteiger partial charge in [0.1, 0.15) is 5.75 Å². The van der Waals surface area contributed by atoms with Crippen LogP contribution in [0.2, 0.25) is 5.02 Å². The van der Waals surface area contributed by atoms with Gasteiger partial charge in [-0.15, -0.1) is 0 Å². The minimum absolute atomic E-state index is 0.0381. The lowest BCUT2D eigenvalue weighted by Gasteiger charge is -2.32. The van der Waals surface area contributed by atoms with Crippen molar-refractivity contribution < 1.29 is 9.53 Å². The Morgan fingerprint density at radius 3 is 2.29 bits per heavy atom. The van der Waals surface area contributed by atoms with Crippen LogP contribution in [0, 0.1) is 13.8 Å². The van der Waals surface area contributed by atoms with E-state index in [1.807, 2.05) is 38.1 Å². The second-order valence-corrected chi connectivity index (χ2v) is 7.86. The third-order valence-corrected chi connectivity index (χ3v) is 5.62. The zero-order valence-electron chi connectivity index (χ0n) is 16.8. The fourth-order valence-corrected chi connectivity index (χ4v) is 3.40. The number of ether oxygens (including phenoxy) is 1. The Balaban J connectivity index is 1.48. The van der Waals surface area contributed by atoms with Gasteiger partial charge in [-0.25, -0.2) is 0 Å². The molecule has 1 heterocycles. The maximum Gasteiger partial charge on any atom is 0.262 e. The van der Waals surface area contributed by atoms with Crippen molar-refractivity contribution in [2.24, 2.45) is 0 Å². The molecule has 0 atom stereocenters. The lowest BCUT2D eigenvalue weighted by atomic mass is 10.1. The molecule has 6 heteroatoms. The molecule has 0 unspecified atom stereocenters. The number of likely N-dealkylation sites (N-methyl/N-ethyl adjacent to an activating group) is 1. The van der Waals surface area contributed by atoms with Crippen molar-refractivity contribution in [3.8, 4) is 5.75 Å². The van der Waals surface area contributed by atoms with Crippen LogP contribution in [0.3, 0.4) is 0 Å². The van der Waals surface area contributed by atoms with E-state index >= 15 is 0 Å². The number of amides is 1. The van der Waals surface area contributed by atoms with Crippen molar-refractivity contribution in [3.05, 3.63) is 58.1 Å². The standard InChI is InChI=1S/C22H28ClN3O2/c1-16-12-20(13-17(2)22(16)23)28-15-21(27)24-19-6-4-18(5-7-19)14-26-10-8-25(3)9-11-26/h4-7,12-13H,8-11,14-15H2,1-3H3,(H,24,27). The number of piperazine rings is 1. The van der Waals surface area contributed by atoms with Gasteiger partial charge in [0.05, 0.1) is 0 Å². The second-order valence-electron chi connectivity index (χ2n) is 7.48. The zero-order valence-corrected chi connectivity index (χ0v) is 17.6. The van der Waals surface area contributed by atoms with Crippen molar-refractivity contribution in [2.45, 2.75) is 20.4 Å². The van der Waals surface area contributed by atoms with Crippen LogP contribution in [-0.4, -0.2) is 55.5 Å². The van der Waals surface area contributed by atoms with Crippen LogP contribution in [-0.2, 0) is 11.3 Å². The molecule has 3 rings (SSSR count). The van der Waals surface area contributed by atoms with Crippen LogP contribution in [0.5, 0.6) is 5.75 Å². The van der Waals surface area contributed by atoms with E-state index in [0.29, 0.717) is 5.75 Å². The van der Waals surface area contributed by atoms with E-state index < -0.39 is 0 Å². The number of rotatable bonds is 6. The fraction of sp³-hybridized carbons (Fsp3) is 0.409. The molecule has 2 aromatic rings. The van der Waals surface area contributed by atoms with E-state index in [2.05, 4.69) is 34.3 Å². The van der Waals surface area contributed by atoms with Gasteiger partial charge in [0.15, 0.2) is 6.61 Å². The first-order chi connectivity index (χ1) is 13.4. The number of anilines is 1. The molecule has 1 aliphatic rings. The smallest absolute Gasteiger partial charge is 0.262 e. The van der Waals surface area contributed by atoms with Gasteiger partial charge in [-0.2, -0.15) is 0 Å². The Morgan fingerprint density at radius 2 is 1.68 bits per heavy atom. The van der Waals surface area contributed by atoms with Crippen molar-refractivity contribution in [2.75, 3.05) is 45.2 Å². The van der Waals surface area contributed by atoms with Crippen molar-refractivity contribution in [3.63, 3.8) is 0 Å². The Morgan fingerprint density at radius 1 is 1.07 bits per heavy atom. The minimum atomic E-state index is -0.183. The minimum Gasteiger partial charge on any atom is -0.484 e. The molecular weight excluding hydrogens is 374 g/mol. The van der Waals surface area contributed by atoms with Gasteiger partial charge in [-0.3, -0.25) is 9.69 Å². The van der Waals surface area contributed by atoms with E-state index in [4.69, 9.17) is 16.3 Å². The average molecular weight is 402 g/mol. The highest BCUT2D eigenvalue weighted by Crippen LogP contribution is 2.25.